The van der Waals surface area contributed by atoms with Crippen LogP contribution in [0, 0.1) is 0 Å². The third kappa shape index (κ3) is 3.92. The first-order valence-electron chi connectivity index (χ1n) is 7.04. The molecule has 134 valence electrons. The standard InChI is InChI=1S/C13H23NO9/c1-6(18)13(21,5-17)8(4-16)23-12-9(14-2)11(20)10(19)7(3-15)22-12/h4-12,14-15,18-21H,3H2,1-2H3/t6-,7+,8+,9+,10+,11+,12+,13-/m1/s1. The van der Waals surface area contributed by atoms with E-state index in [-0.39, 0.29) is 12.6 Å². The smallest absolute Gasteiger partial charge is 0.178 e. The van der Waals surface area contributed by atoms with Gasteiger partial charge in [-0.25, -0.2) is 0 Å². The monoisotopic (exact) mass is 337 g/mol. The van der Waals surface area contributed by atoms with E-state index in [0.29, 0.717) is 0 Å². The minimum Gasteiger partial charge on any atom is -0.394 e. The van der Waals surface area contributed by atoms with Crippen LogP contribution >= 0.6 is 0 Å². The minimum atomic E-state index is -2.51. The van der Waals surface area contributed by atoms with Crippen LogP contribution in [0.15, 0.2) is 0 Å². The molecule has 1 aliphatic rings. The van der Waals surface area contributed by atoms with Crippen molar-refractivity contribution >= 4 is 12.6 Å². The number of nitrogens with one attached hydrogen (secondary N) is 1. The Hall–Kier alpha value is -0.980. The van der Waals surface area contributed by atoms with Crippen LogP contribution in [0.4, 0.5) is 0 Å². The van der Waals surface area contributed by atoms with Gasteiger partial charge in [-0.1, -0.05) is 0 Å². The van der Waals surface area contributed by atoms with Crippen molar-refractivity contribution < 1.29 is 44.6 Å². The highest BCUT2D eigenvalue weighted by molar-refractivity contribution is 5.74. The molecule has 0 amide bonds. The van der Waals surface area contributed by atoms with Gasteiger partial charge in [0.15, 0.2) is 30.6 Å². The first kappa shape index (κ1) is 20.1. The molecule has 0 unspecified atom stereocenters. The molecule has 1 saturated heterocycles. The van der Waals surface area contributed by atoms with E-state index in [1.54, 1.807) is 0 Å². The Morgan fingerprint density at radius 1 is 1.35 bits per heavy atom. The van der Waals surface area contributed by atoms with E-state index in [1.807, 2.05) is 0 Å². The van der Waals surface area contributed by atoms with Gasteiger partial charge in [-0.05, 0) is 14.0 Å². The summed E-state index contributed by atoms with van der Waals surface area (Å²) in [5, 5.41) is 51.2. The molecule has 1 rings (SSSR count). The van der Waals surface area contributed by atoms with Gasteiger partial charge < -0.3 is 45.1 Å². The molecule has 0 radical (unpaired) electrons. The zero-order valence-corrected chi connectivity index (χ0v) is 12.8. The van der Waals surface area contributed by atoms with Gasteiger partial charge in [0.05, 0.1) is 18.8 Å². The number of aldehydes is 2. The quantitative estimate of drug-likeness (QED) is 0.240. The van der Waals surface area contributed by atoms with Crippen LogP contribution in [0.5, 0.6) is 0 Å². The van der Waals surface area contributed by atoms with Gasteiger partial charge in [0.2, 0.25) is 0 Å². The summed E-state index contributed by atoms with van der Waals surface area (Å²) in [6, 6.07) is -1.01. The van der Waals surface area contributed by atoms with E-state index >= 15 is 0 Å². The predicted molar refractivity (Wildman–Crippen MR) is 74.2 cm³/mol. The minimum absolute atomic E-state index is 0.0251. The van der Waals surface area contributed by atoms with Crippen LogP contribution in [0.2, 0.25) is 0 Å². The molecule has 1 heterocycles. The zero-order valence-electron chi connectivity index (χ0n) is 12.8. The molecule has 1 fully saturated rings. The van der Waals surface area contributed by atoms with E-state index in [0.717, 1.165) is 6.92 Å². The lowest BCUT2D eigenvalue weighted by atomic mass is 9.92. The first-order chi connectivity index (χ1) is 10.8. The molecular weight excluding hydrogens is 314 g/mol. The fraction of sp³-hybridized carbons (Fsp3) is 0.846. The molecule has 0 spiro atoms. The summed E-state index contributed by atoms with van der Waals surface area (Å²) in [5.41, 5.74) is -2.51. The summed E-state index contributed by atoms with van der Waals surface area (Å²) >= 11 is 0. The number of ether oxygens (including phenoxy) is 2. The molecule has 0 saturated carbocycles. The Morgan fingerprint density at radius 3 is 2.35 bits per heavy atom. The summed E-state index contributed by atoms with van der Waals surface area (Å²) in [6.07, 6.45) is -8.70. The summed E-state index contributed by atoms with van der Waals surface area (Å²) in [6.45, 7) is 0.468. The topological polar surface area (TPSA) is 166 Å². The summed E-state index contributed by atoms with van der Waals surface area (Å²) in [7, 11) is 1.43. The number of carbonyl (C=O) groups is 2. The number of aliphatic hydroxyl groups is 5. The summed E-state index contributed by atoms with van der Waals surface area (Å²) in [5.74, 6) is 0. The summed E-state index contributed by atoms with van der Waals surface area (Å²) < 4.78 is 10.5. The molecule has 0 aliphatic carbocycles. The van der Waals surface area contributed by atoms with Gasteiger partial charge in [0, 0.05) is 0 Å². The van der Waals surface area contributed by atoms with Crippen molar-refractivity contribution in [2.45, 2.75) is 55.4 Å². The van der Waals surface area contributed by atoms with E-state index in [1.165, 1.54) is 7.05 Å². The fourth-order valence-corrected chi connectivity index (χ4v) is 2.30. The van der Waals surface area contributed by atoms with Crippen molar-refractivity contribution in [3.05, 3.63) is 0 Å². The lowest BCUT2D eigenvalue weighted by Gasteiger charge is -2.43. The van der Waals surface area contributed by atoms with Crippen LogP contribution in [0.25, 0.3) is 0 Å². The maximum atomic E-state index is 11.2. The van der Waals surface area contributed by atoms with Crippen molar-refractivity contribution in [1.29, 1.82) is 0 Å². The third-order valence-electron chi connectivity index (χ3n) is 3.93. The maximum Gasteiger partial charge on any atom is 0.178 e. The Bertz CT molecular complexity index is 407. The molecule has 0 aromatic rings. The normalized spacial score (nSPS) is 36.7. The second-order valence-corrected chi connectivity index (χ2v) is 5.40. The molecule has 0 bridgehead atoms. The highest BCUT2D eigenvalue weighted by Crippen LogP contribution is 2.25. The number of carbonyl (C=O) groups excluding carboxylic acids is 2. The van der Waals surface area contributed by atoms with Crippen molar-refractivity contribution in [2.24, 2.45) is 0 Å². The van der Waals surface area contributed by atoms with Crippen LogP contribution in [-0.2, 0) is 19.1 Å². The molecule has 0 aromatic heterocycles. The highest BCUT2D eigenvalue weighted by Gasteiger charge is 2.49. The van der Waals surface area contributed by atoms with E-state index in [4.69, 9.17) is 14.6 Å². The van der Waals surface area contributed by atoms with Gasteiger partial charge in [0.25, 0.3) is 0 Å². The molecule has 0 aromatic carbocycles. The third-order valence-corrected chi connectivity index (χ3v) is 3.93. The number of rotatable bonds is 8. The molecule has 1 aliphatic heterocycles. The van der Waals surface area contributed by atoms with E-state index in [9.17, 15) is 30.0 Å². The molecule has 23 heavy (non-hydrogen) atoms. The number of hydrogen-bond acceptors (Lipinski definition) is 10. The van der Waals surface area contributed by atoms with Gasteiger partial charge in [-0.2, -0.15) is 0 Å². The number of aliphatic hydroxyl groups excluding tert-OH is 4. The van der Waals surface area contributed by atoms with Gasteiger partial charge in [-0.15, -0.1) is 0 Å². The molecule has 6 N–H and O–H groups in total. The van der Waals surface area contributed by atoms with Crippen LogP contribution in [0.3, 0.4) is 0 Å². The average Bonchev–Trinajstić information content (AvgIpc) is 2.54. The molecular formula is C13H23NO9. The van der Waals surface area contributed by atoms with Gasteiger partial charge >= 0.3 is 0 Å². The summed E-state index contributed by atoms with van der Waals surface area (Å²) in [4.78, 5) is 22.3. The van der Waals surface area contributed by atoms with E-state index in [2.05, 4.69) is 5.32 Å². The Balaban J connectivity index is 3.02. The first-order valence-corrected chi connectivity index (χ1v) is 7.04. The lowest BCUT2D eigenvalue weighted by molar-refractivity contribution is -0.292. The Kier molecular flexibility index (Phi) is 7.17. The Labute approximate surface area is 132 Å². The maximum absolute atomic E-state index is 11.2. The largest absolute Gasteiger partial charge is 0.394 e. The van der Waals surface area contributed by atoms with Crippen molar-refractivity contribution in [3.8, 4) is 0 Å². The molecule has 8 atom stereocenters. The zero-order chi connectivity index (χ0) is 17.8. The predicted octanol–water partition coefficient (Wildman–Crippen LogP) is -4.09. The highest BCUT2D eigenvalue weighted by atomic mass is 16.7. The van der Waals surface area contributed by atoms with Crippen LogP contribution in [-0.4, -0.2) is 100 Å². The van der Waals surface area contributed by atoms with Crippen molar-refractivity contribution in [3.63, 3.8) is 0 Å². The fourth-order valence-electron chi connectivity index (χ4n) is 2.30. The average molecular weight is 337 g/mol. The second kappa shape index (κ2) is 8.22. The second-order valence-electron chi connectivity index (χ2n) is 5.40. The van der Waals surface area contributed by atoms with Crippen molar-refractivity contribution in [2.75, 3.05) is 13.7 Å². The lowest BCUT2D eigenvalue weighted by Crippen LogP contribution is -2.65. The van der Waals surface area contributed by atoms with E-state index < -0.39 is 55.1 Å². The van der Waals surface area contributed by atoms with Crippen LogP contribution in [0.1, 0.15) is 6.92 Å². The van der Waals surface area contributed by atoms with Crippen molar-refractivity contribution in [1.82, 2.24) is 5.32 Å². The van der Waals surface area contributed by atoms with Crippen LogP contribution < -0.4 is 5.32 Å². The van der Waals surface area contributed by atoms with Gasteiger partial charge in [0.1, 0.15) is 18.3 Å². The number of likely N-dealkylation sites (N-methyl/N-ethyl adjacent to an activating group) is 1. The van der Waals surface area contributed by atoms with Gasteiger partial charge in [-0.3, -0.25) is 4.79 Å². The molecule has 10 nitrogen and oxygen atoms in total. The SMILES string of the molecule is CN[C@@H]1[C@H](O[C@@H](C=O)[C@@](O)(C=O)[C@@H](C)O)O[C@@H](CO)[C@H](O)[C@H]1O. The molecule has 10 heteroatoms. The Morgan fingerprint density at radius 2 is 1.96 bits per heavy atom. The number of hydrogen-bond donors (Lipinski definition) is 6.